The van der Waals surface area contributed by atoms with Crippen molar-refractivity contribution >= 4 is 5.69 Å². The zero-order chi connectivity index (χ0) is 12.8. The number of anilines is 1. The molecule has 0 aliphatic carbocycles. The van der Waals surface area contributed by atoms with E-state index in [1.165, 1.54) is 50.8 Å². The molecule has 1 saturated heterocycles. The van der Waals surface area contributed by atoms with E-state index in [1.807, 2.05) is 12.1 Å². The van der Waals surface area contributed by atoms with Gasteiger partial charge in [0.05, 0.1) is 0 Å². The highest BCUT2D eigenvalue weighted by Gasteiger charge is 2.16. The lowest BCUT2D eigenvalue weighted by Crippen LogP contribution is -2.24. The Bertz CT molecular complexity index is 362. The molecule has 0 bridgehead atoms. The average molecular weight is 246 g/mol. The van der Waals surface area contributed by atoms with Crippen LogP contribution in [0.5, 0.6) is 0 Å². The molecule has 1 unspecified atom stereocenters. The van der Waals surface area contributed by atoms with Gasteiger partial charge in [-0.15, -0.1) is 0 Å². The molecule has 1 aliphatic rings. The Hall–Kier alpha value is -1.02. The van der Waals surface area contributed by atoms with Crippen LogP contribution in [0.1, 0.15) is 44.6 Å². The van der Waals surface area contributed by atoms with Gasteiger partial charge in [0, 0.05) is 12.2 Å². The number of hydrogen-bond acceptors (Lipinski definition) is 2. The summed E-state index contributed by atoms with van der Waals surface area (Å²) in [4.78, 5) is 2.57. The SMILES string of the molecule is CCCC1CCCN(Cc2ccccc2N)CC1. The lowest BCUT2D eigenvalue weighted by Gasteiger charge is -2.21. The number of para-hydroxylation sites is 1. The summed E-state index contributed by atoms with van der Waals surface area (Å²) in [7, 11) is 0. The lowest BCUT2D eigenvalue weighted by molar-refractivity contribution is 0.272. The van der Waals surface area contributed by atoms with Crippen molar-refractivity contribution in [2.24, 2.45) is 5.92 Å². The second-order valence-corrected chi connectivity index (χ2v) is 5.56. The van der Waals surface area contributed by atoms with Crippen molar-refractivity contribution in [3.63, 3.8) is 0 Å². The Morgan fingerprint density at radius 1 is 1.22 bits per heavy atom. The molecule has 0 saturated carbocycles. The highest BCUT2D eigenvalue weighted by molar-refractivity contribution is 5.46. The fourth-order valence-corrected chi connectivity index (χ4v) is 3.00. The topological polar surface area (TPSA) is 29.3 Å². The molecule has 0 aromatic heterocycles. The number of nitrogen functional groups attached to an aromatic ring is 1. The molecule has 2 nitrogen and oxygen atoms in total. The third-order valence-corrected chi connectivity index (χ3v) is 4.09. The first kappa shape index (κ1) is 13.4. The summed E-state index contributed by atoms with van der Waals surface area (Å²) in [5, 5.41) is 0. The summed E-state index contributed by atoms with van der Waals surface area (Å²) in [6.45, 7) is 5.78. The maximum atomic E-state index is 6.03. The fraction of sp³-hybridized carbons (Fsp3) is 0.625. The fourth-order valence-electron chi connectivity index (χ4n) is 3.00. The predicted molar refractivity (Wildman–Crippen MR) is 78.4 cm³/mol. The minimum Gasteiger partial charge on any atom is -0.398 e. The van der Waals surface area contributed by atoms with E-state index >= 15 is 0 Å². The summed E-state index contributed by atoms with van der Waals surface area (Å²) in [5.74, 6) is 0.952. The molecule has 0 spiro atoms. The lowest BCUT2D eigenvalue weighted by atomic mass is 9.96. The van der Waals surface area contributed by atoms with E-state index in [9.17, 15) is 0 Å². The van der Waals surface area contributed by atoms with Gasteiger partial charge in [-0.05, 0) is 49.9 Å². The minimum absolute atomic E-state index is 0.937. The molecule has 2 N–H and O–H groups in total. The molecule has 2 rings (SSSR count). The van der Waals surface area contributed by atoms with Crippen LogP contribution in [0.4, 0.5) is 5.69 Å². The van der Waals surface area contributed by atoms with Gasteiger partial charge in [0.2, 0.25) is 0 Å². The van der Waals surface area contributed by atoms with Crippen LogP contribution in [0.25, 0.3) is 0 Å². The van der Waals surface area contributed by atoms with Crippen molar-refractivity contribution in [2.45, 2.75) is 45.6 Å². The van der Waals surface area contributed by atoms with Crippen LogP contribution in [0.2, 0.25) is 0 Å². The van der Waals surface area contributed by atoms with Crippen LogP contribution >= 0.6 is 0 Å². The van der Waals surface area contributed by atoms with Crippen molar-refractivity contribution < 1.29 is 0 Å². The highest BCUT2D eigenvalue weighted by Crippen LogP contribution is 2.23. The van der Waals surface area contributed by atoms with E-state index < -0.39 is 0 Å². The summed E-state index contributed by atoms with van der Waals surface area (Å²) < 4.78 is 0. The molecule has 1 atom stereocenters. The van der Waals surface area contributed by atoms with Crippen LogP contribution in [0.15, 0.2) is 24.3 Å². The molecule has 0 amide bonds. The van der Waals surface area contributed by atoms with E-state index in [0.29, 0.717) is 0 Å². The smallest absolute Gasteiger partial charge is 0.0359 e. The van der Waals surface area contributed by atoms with Crippen molar-refractivity contribution in [3.05, 3.63) is 29.8 Å². The summed E-state index contributed by atoms with van der Waals surface area (Å²) in [6, 6.07) is 8.26. The molecule has 1 aliphatic heterocycles. The normalized spacial score (nSPS) is 21.7. The largest absolute Gasteiger partial charge is 0.398 e. The maximum absolute atomic E-state index is 6.03. The summed E-state index contributed by atoms with van der Waals surface area (Å²) in [5.41, 5.74) is 8.25. The van der Waals surface area contributed by atoms with Gasteiger partial charge in [-0.3, -0.25) is 4.90 Å². The quantitative estimate of drug-likeness (QED) is 0.821. The first-order valence-corrected chi connectivity index (χ1v) is 7.35. The second-order valence-electron chi connectivity index (χ2n) is 5.56. The number of nitrogens with two attached hydrogens (primary N) is 1. The monoisotopic (exact) mass is 246 g/mol. The zero-order valence-corrected chi connectivity index (χ0v) is 11.6. The molecule has 2 heteroatoms. The Balaban J connectivity index is 1.89. The average Bonchev–Trinajstić information content (AvgIpc) is 2.59. The molecular formula is C16H26N2. The van der Waals surface area contributed by atoms with Crippen LogP contribution in [-0.4, -0.2) is 18.0 Å². The van der Waals surface area contributed by atoms with Gasteiger partial charge in [-0.1, -0.05) is 38.0 Å². The van der Waals surface area contributed by atoms with Gasteiger partial charge in [-0.25, -0.2) is 0 Å². The summed E-state index contributed by atoms with van der Waals surface area (Å²) in [6.07, 6.45) is 6.85. The number of hydrogen-bond donors (Lipinski definition) is 1. The van der Waals surface area contributed by atoms with Gasteiger partial charge in [0.1, 0.15) is 0 Å². The Morgan fingerprint density at radius 3 is 2.83 bits per heavy atom. The number of benzene rings is 1. The summed E-state index contributed by atoms with van der Waals surface area (Å²) >= 11 is 0. The molecule has 100 valence electrons. The van der Waals surface area contributed by atoms with Gasteiger partial charge in [0.15, 0.2) is 0 Å². The van der Waals surface area contributed by atoms with Crippen LogP contribution in [0, 0.1) is 5.92 Å². The minimum atomic E-state index is 0.937. The van der Waals surface area contributed by atoms with E-state index in [-0.39, 0.29) is 0 Å². The molecule has 1 heterocycles. The Labute approximate surface area is 111 Å². The first-order chi connectivity index (χ1) is 8.79. The third kappa shape index (κ3) is 3.74. The van der Waals surface area contributed by atoms with Crippen molar-refractivity contribution in [1.82, 2.24) is 4.90 Å². The number of rotatable bonds is 4. The van der Waals surface area contributed by atoms with Crippen LogP contribution in [0.3, 0.4) is 0 Å². The molecular weight excluding hydrogens is 220 g/mol. The standard InChI is InChI=1S/C16H26N2/c1-2-6-14-7-5-11-18(12-10-14)13-15-8-3-4-9-16(15)17/h3-4,8-9,14H,2,5-7,10-13,17H2,1H3. The van der Waals surface area contributed by atoms with E-state index in [1.54, 1.807) is 0 Å². The van der Waals surface area contributed by atoms with E-state index in [0.717, 1.165) is 18.2 Å². The predicted octanol–water partition coefficient (Wildman–Crippen LogP) is 3.67. The third-order valence-electron chi connectivity index (χ3n) is 4.09. The van der Waals surface area contributed by atoms with Crippen LogP contribution in [-0.2, 0) is 6.54 Å². The highest BCUT2D eigenvalue weighted by atomic mass is 15.1. The molecule has 18 heavy (non-hydrogen) atoms. The van der Waals surface area contributed by atoms with Crippen LogP contribution < -0.4 is 5.73 Å². The van der Waals surface area contributed by atoms with Crippen molar-refractivity contribution in [2.75, 3.05) is 18.8 Å². The number of nitrogens with zero attached hydrogens (tertiary/aromatic N) is 1. The van der Waals surface area contributed by atoms with E-state index in [4.69, 9.17) is 5.73 Å². The van der Waals surface area contributed by atoms with Crippen molar-refractivity contribution in [1.29, 1.82) is 0 Å². The van der Waals surface area contributed by atoms with Gasteiger partial charge < -0.3 is 5.73 Å². The molecule has 1 aromatic carbocycles. The molecule has 0 radical (unpaired) electrons. The Kier molecular flexibility index (Phi) is 5.06. The Morgan fingerprint density at radius 2 is 2.06 bits per heavy atom. The first-order valence-electron chi connectivity index (χ1n) is 7.35. The molecule has 1 fully saturated rings. The van der Waals surface area contributed by atoms with Gasteiger partial charge in [0.25, 0.3) is 0 Å². The number of likely N-dealkylation sites (tertiary alicyclic amines) is 1. The molecule has 1 aromatic rings. The van der Waals surface area contributed by atoms with Gasteiger partial charge >= 0.3 is 0 Å². The van der Waals surface area contributed by atoms with Crippen molar-refractivity contribution in [3.8, 4) is 0 Å². The van der Waals surface area contributed by atoms with E-state index in [2.05, 4.69) is 24.0 Å². The second kappa shape index (κ2) is 6.79. The maximum Gasteiger partial charge on any atom is 0.0359 e. The van der Waals surface area contributed by atoms with Gasteiger partial charge in [-0.2, -0.15) is 0 Å². The zero-order valence-electron chi connectivity index (χ0n) is 11.6.